The number of sulfone groups is 1. The third-order valence-corrected chi connectivity index (χ3v) is 5.15. The Labute approximate surface area is 136 Å². The SMILES string of the molecule is C[C@@H](CCS(C)(=O)=O)NC(=O)N[C@@H]1CCc2c(Cl)cccc21. The van der Waals surface area contributed by atoms with Crippen molar-refractivity contribution < 1.29 is 13.2 Å². The molecule has 0 bridgehead atoms. The van der Waals surface area contributed by atoms with Crippen molar-refractivity contribution in [3.63, 3.8) is 0 Å². The zero-order valence-electron chi connectivity index (χ0n) is 12.7. The van der Waals surface area contributed by atoms with E-state index >= 15 is 0 Å². The Balaban J connectivity index is 1.88. The topological polar surface area (TPSA) is 75.3 Å². The lowest BCUT2D eigenvalue weighted by molar-refractivity contribution is 0.233. The van der Waals surface area contributed by atoms with Gasteiger partial charge in [-0.15, -0.1) is 0 Å². The van der Waals surface area contributed by atoms with Gasteiger partial charge in [-0.1, -0.05) is 23.7 Å². The number of urea groups is 1. The highest BCUT2D eigenvalue weighted by Gasteiger charge is 2.25. The lowest BCUT2D eigenvalue weighted by atomic mass is 10.1. The van der Waals surface area contributed by atoms with E-state index in [9.17, 15) is 13.2 Å². The van der Waals surface area contributed by atoms with Gasteiger partial charge in [0.2, 0.25) is 0 Å². The summed E-state index contributed by atoms with van der Waals surface area (Å²) in [7, 11) is -3.01. The van der Waals surface area contributed by atoms with Crippen molar-refractivity contribution >= 4 is 27.5 Å². The molecule has 1 aliphatic carbocycles. The predicted octanol–water partition coefficient (Wildman–Crippen LogP) is 2.45. The standard InChI is InChI=1S/C15H21ClN2O3S/c1-10(8-9-22(2,20)21)17-15(19)18-14-7-6-11-12(14)4-3-5-13(11)16/h3-5,10,14H,6-9H2,1-2H3,(H2,17,18,19)/t10-,14+/m0/s1. The first kappa shape index (κ1) is 17.1. The number of hydrogen-bond donors (Lipinski definition) is 2. The second kappa shape index (κ2) is 6.87. The highest BCUT2D eigenvalue weighted by atomic mass is 35.5. The minimum atomic E-state index is -3.01. The van der Waals surface area contributed by atoms with Crippen LogP contribution in [0.3, 0.4) is 0 Å². The van der Waals surface area contributed by atoms with Gasteiger partial charge in [0.25, 0.3) is 0 Å². The molecule has 0 saturated heterocycles. The number of fused-ring (bicyclic) bond motifs is 1. The van der Waals surface area contributed by atoms with E-state index in [-0.39, 0.29) is 23.9 Å². The molecule has 22 heavy (non-hydrogen) atoms. The van der Waals surface area contributed by atoms with Gasteiger partial charge in [0.15, 0.2) is 0 Å². The van der Waals surface area contributed by atoms with Gasteiger partial charge in [-0.2, -0.15) is 0 Å². The summed E-state index contributed by atoms with van der Waals surface area (Å²) in [5.74, 6) is 0.0658. The fourth-order valence-corrected chi connectivity index (χ4v) is 3.70. The molecule has 2 N–H and O–H groups in total. The Morgan fingerprint density at radius 3 is 2.86 bits per heavy atom. The first-order chi connectivity index (χ1) is 10.3. The van der Waals surface area contributed by atoms with Gasteiger partial charge in [0.1, 0.15) is 9.84 Å². The van der Waals surface area contributed by atoms with Gasteiger partial charge in [-0.05, 0) is 43.4 Å². The quantitative estimate of drug-likeness (QED) is 0.861. The lowest BCUT2D eigenvalue weighted by Crippen LogP contribution is -2.42. The number of benzene rings is 1. The fourth-order valence-electron chi connectivity index (χ4n) is 2.65. The third kappa shape index (κ3) is 4.61. The third-order valence-electron chi connectivity index (χ3n) is 3.82. The summed E-state index contributed by atoms with van der Waals surface area (Å²) >= 11 is 6.15. The molecule has 2 amide bonds. The zero-order chi connectivity index (χ0) is 16.3. The van der Waals surface area contributed by atoms with Crippen LogP contribution in [-0.2, 0) is 16.3 Å². The summed E-state index contributed by atoms with van der Waals surface area (Å²) < 4.78 is 22.3. The number of hydrogen-bond acceptors (Lipinski definition) is 3. The summed E-state index contributed by atoms with van der Waals surface area (Å²) in [5.41, 5.74) is 2.16. The van der Waals surface area contributed by atoms with E-state index in [0.29, 0.717) is 6.42 Å². The summed E-state index contributed by atoms with van der Waals surface area (Å²) in [4.78, 5) is 12.0. The molecule has 0 heterocycles. The molecule has 1 aromatic carbocycles. The van der Waals surface area contributed by atoms with Gasteiger partial charge in [-0.25, -0.2) is 13.2 Å². The van der Waals surface area contributed by atoms with Gasteiger partial charge in [-0.3, -0.25) is 0 Å². The molecule has 7 heteroatoms. The molecule has 0 aromatic heterocycles. The largest absolute Gasteiger partial charge is 0.336 e. The Bertz CT molecular complexity index is 661. The van der Waals surface area contributed by atoms with E-state index in [1.54, 1.807) is 6.92 Å². The summed E-state index contributed by atoms with van der Waals surface area (Å²) in [5, 5.41) is 6.45. The van der Waals surface area contributed by atoms with Crippen LogP contribution in [0.2, 0.25) is 5.02 Å². The lowest BCUT2D eigenvalue weighted by Gasteiger charge is -2.18. The number of carbonyl (C=O) groups excluding carboxylic acids is 1. The molecule has 2 rings (SSSR count). The first-order valence-electron chi connectivity index (χ1n) is 7.28. The van der Waals surface area contributed by atoms with Crippen molar-refractivity contribution in [3.8, 4) is 0 Å². The highest BCUT2D eigenvalue weighted by molar-refractivity contribution is 7.90. The Morgan fingerprint density at radius 2 is 2.18 bits per heavy atom. The molecule has 0 spiro atoms. The van der Waals surface area contributed by atoms with E-state index in [2.05, 4.69) is 10.6 Å². The number of halogens is 1. The molecule has 0 saturated carbocycles. The van der Waals surface area contributed by atoms with E-state index in [1.807, 2.05) is 18.2 Å². The molecule has 1 aromatic rings. The van der Waals surface area contributed by atoms with Crippen LogP contribution in [0.25, 0.3) is 0 Å². The molecule has 1 aliphatic rings. The van der Waals surface area contributed by atoms with Crippen LogP contribution in [0, 0.1) is 0 Å². The van der Waals surface area contributed by atoms with Crippen LogP contribution in [-0.4, -0.2) is 32.5 Å². The van der Waals surface area contributed by atoms with Crippen LogP contribution in [0.5, 0.6) is 0 Å². The smallest absolute Gasteiger partial charge is 0.315 e. The molecule has 0 fully saturated rings. The maximum atomic E-state index is 12.0. The van der Waals surface area contributed by atoms with Crippen LogP contribution in [0.4, 0.5) is 4.79 Å². The molecule has 2 atom stereocenters. The highest BCUT2D eigenvalue weighted by Crippen LogP contribution is 2.35. The van der Waals surface area contributed by atoms with Gasteiger partial charge < -0.3 is 10.6 Å². The van der Waals surface area contributed by atoms with E-state index in [0.717, 1.165) is 29.0 Å². The van der Waals surface area contributed by atoms with E-state index in [1.165, 1.54) is 6.26 Å². The molecule has 122 valence electrons. The number of carbonyl (C=O) groups is 1. The van der Waals surface area contributed by atoms with Crippen LogP contribution < -0.4 is 10.6 Å². The molecular formula is C15H21ClN2O3S. The maximum Gasteiger partial charge on any atom is 0.315 e. The second-order valence-corrected chi connectivity index (χ2v) is 8.50. The molecule has 0 radical (unpaired) electrons. The summed E-state index contributed by atoms with van der Waals surface area (Å²) in [6.07, 6.45) is 3.27. The Morgan fingerprint density at radius 1 is 1.45 bits per heavy atom. The predicted molar refractivity (Wildman–Crippen MR) is 88.0 cm³/mol. The van der Waals surface area contributed by atoms with Crippen molar-refractivity contribution in [1.82, 2.24) is 10.6 Å². The normalized spacial score (nSPS) is 18.6. The minimum Gasteiger partial charge on any atom is -0.336 e. The van der Waals surface area contributed by atoms with Crippen molar-refractivity contribution in [2.75, 3.05) is 12.0 Å². The van der Waals surface area contributed by atoms with Crippen LogP contribution in [0.15, 0.2) is 18.2 Å². The van der Waals surface area contributed by atoms with E-state index in [4.69, 9.17) is 11.6 Å². The molecule has 5 nitrogen and oxygen atoms in total. The Hall–Kier alpha value is -1.27. The number of nitrogens with one attached hydrogen (secondary N) is 2. The average Bonchev–Trinajstić information content (AvgIpc) is 2.80. The molecule has 0 aliphatic heterocycles. The van der Waals surface area contributed by atoms with E-state index < -0.39 is 9.84 Å². The number of amides is 2. The maximum absolute atomic E-state index is 12.0. The zero-order valence-corrected chi connectivity index (χ0v) is 14.3. The van der Waals surface area contributed by atoms with Crippen LogP contribution >= 0.6 is 11.6 Å². The number of rotatable bonds is 5. The minimum absolute atomic E-state index is 0.0455. The van der Waals surface area contributed by atoms with Crippen molar-refractivity contribution in [2.24, 2.45) is 0 Å². The van der Waals surface area contributed by atoms with Crippen molar-refractivity contribution in [3.05, 3.63) is 34.3 Å². The average molecular weight is 345 g/mol. The summed E-state index contributed by atoms with van der Waals surface area (Å²) in [6.45, 7) is 1.80. The van der Waals surface area contributed by atoms with Crippen molar-refractivity contribution in [1.29, 1.82) is 0 Å². The van der Waals surface area contributed by atoms with Gasteiger partial charge in [0.05, 0.1) is 11.8 Å². The van der Waals surface area contributed by atoms with Crippen LogP contribution in [0.1, 0.15) is 36.9 Å². The van der Waals surface area contributed by atoms with Gasteiger partial charge >= 0.3 is 6.03 Å². The molecular weight excluding hydrogens is 324 g/mol. The molecule has 0 unspecified atom stereocenters. The van der Waals surface area contributed by atoms with Gasteiger partial charge in [0, 0.05) is 17.3 Å². The monoisotopic (exact) mass is 344 g/mol. The second-order valence-electron chi connectivity index (χ2n) is 5.84. The summed E-state index contributed by atoms with van der Waals surface area (Å²) in [6, 6.07) is 5.19. The fraction of sp³-hybridized carbons (Fsp3) is 0.533. The Kier molecular flexibility index (Phi) is 5.34. The van der Waals surface area contributed by atoms with Crippen molar-refractivity contribution in [2.45, 2.75) is 38.3 Å². The first-order valence-corrected chi connectivity index (χ1v) is 9.72.